The normalized spacial score (nSPS) is 13.0. The van der Waals surface area contributed by atoms with E-state index in [1.807, 2.05) is 36.4 Å². The van der Waals surface area contributed by atoms with Crippen molar-refractivity contribution in [2.45, 2.75) is 12.2 Å². The molecule has 1 aromatic rings. The van der Waals surface area contributed by atoms with Crippen molar-refractivity contribution in [1.82, 2.24) is 4.72 Å². The lowest BCUT2D eigenvalue weighted by Gasteiger charge is -2.05. The van der Waals surface area contributed by atoms with Crippen LogP contribution in [0.4, 0.5) is 0 Å². The Morgan fingerprint density at radius 2 is 2.00 bits per heavy atom. The van der Waals surface area contributed by atoms with Gasteiger partial charge < -0.3 is 0 Å². The zero-order chi connectivity index (χ0) is 13.2. The molecule has 0 spiro atoms. The van der Waals surface area contributed by atoms with Gasteiger partial charge >= 0.3 is 0 Å². The predicted octanol–water partition coefficient (Wildman–Crippen LogP) is 3.13. The molecule has 0 heterocycles. The van der Waals surface area contributed by atoms with Gasteiger partial charge in [-0.05, 0) is 17.6 Å². The fourth-order valence-electron chi connectivity index (χ4n) is 1.49. The maximum Gasteiger partial charge on any atom is 0.0960 e. The Morgan fingerprint density at radius 1 is 1.28 bits per heavy atom. The topological polar surface area (TPSA) is 29.1 Å². The summed E-state index contributed by atoms with van der Waals surface area (Å²) in [5, 5.41) is 0. The molecule has 3 heteroatoms. The minimum Gasteiger partial charge on any atom is -0.243 e. The van der Waals surface area contributed by atoms with Crippen molar-refractivity contribution in [2.75, 3.05) is 6.54 Å². The van der Waals surface area contributed by atoms with Crippen LogP contribution in [-0.2, 0) is 16.7 Å². The zero-order valence-corrected chi connectivity index (χ0v) is 11.3. The van der Waals surface area contributed by atoms with Crippen LogP contribution in [0.1, 0.15) is 12.0 Å². The van der Waals surface area contributed by atoms with Gasteiger partial charge in [0.05, 0.1) is 16.7 Å². The van der Waals surface area contributed by atoms with E-state index in [1.54, 1.807) is 12.2 Å². The van der Waals surface area contributed by atoms with Crippen LogP contribution < -0.4 is 4.72 Å². The first kappa shape index (κ1) is 14.6. The second-order valence-corrected chi connectivity index (χ2v) is 5.07. The average Bonchev–Trinajstić information content (AvgIpc) is 2.39. The molecule has 2 nitrogen and oxygen atoms in total. The molecule has 18 heavy (non-hydrogen) atoms. The van der Waals surface area contributed by atoms with Gasteiger partial charge in [-0.1, -0.05) is 61.7 Å². The maximum absolute atomic E-state index is 11.8. The number of rotatable bonds is 8. The molecule has 0 aliphatic heterocycles. The van der Waals surface area contributed by atoms with Gasteiger partial charge in [0.2, 0.25) is 0 Å². The van der Waals surface area contributed by atoms with E-state index in [1.165, 1.54) is 0 Å². The molecule has 0 aromatic heterocycles. The highest BCUT2D eigenvalue weighted by molar-refractivity contribution is 7.82. The monoisotopic (exact) mass is 261 g/mol. The van der Waals surface area contributed by atoms with Gasteiger partial charge in [0, 0.05) is 6.54 Å². The highest BCUT2D eigenvalue weighted by Gasteiger charge is 2.00. The summed E-state index contributed by atoms with van der Waals surface area (Å²) in [6, 6.07) is 9.82. The first-order chi connectivity index (χ1) is 8.76. The molecule has 0 saturated heterocycles. The van der Waals surface area contributed by atoms with E-state index >= 15 is 0 Å². The van der Waals surface area contributed by atoms with Crippen LogP contribution in [-0.4, -0.2) is 10.8 Å². The molecule has 1 unspecified atom stereocenters. The van der Waals surface area contributed by atoms with Crippen LogP contribution >= 0.6 is 0 Å². The molecule has 1 N–H and O–H groups in total. The minimum atomic E-state index is -1.03. The van der Waals surface area contributed by atoms with E-state index < -0.39 is 11.0 Å². The van der Waals surface area contributed by atoms with Gasteiger partial charge in [-0.3, -0.25) is 0 Å². The second kappa shape index (κ2) is 8.61. The van der Waals surface area contributed by atoms with Crippen molar-refractivity contribution in [1.29, 1.82) is 0 Å². The number of nitrogens with one attached hydrogen (secondary N) is 1. The molecule has 0 aliphatic carbocycles. The quantitative estimate of drug-likeness (QED) is 0.716. The molecule has 1 rings (SSSR count). The molecule has 0 fully saturated rings. The van der Waals surface area contributed by atoms with Crippen molar-refractivity contribution in [3.05, 3.63) is 72.9 Å². The van der Waals surface area contributed by atoms with Crippen molar-refractivity contribution < 1.29 is 4.21 Å². The van der Waals surface area contributed by atoms with Crippen LogP contribution in [0.25, 0.3) is 0 Å². The third-order valence-corrected chi connectivity index (χ3v) is 3.53. The summed E-state index contributed by atoms with van der Waals surface area (Å²) in [7, 11) is -1.03. The molecule has 0 radical (unpaired) electrons. The average molecular weight is 261 g/mol. The molecule has 0 amide bonds. The molecular formula is C15H19NOS. The number of hydrogen-bond donors (Lipinski definition) is 1. The van der Waals surface area contributed by atoms with Crippen LogP contribution in [0.5, 0.6) is 0 Å². The Balaban J connectivity index is 2.32. The van der Waals surface area contributed by atoms with Gasteiger partial charge in [0.15, 0.2) is 0 Å². The van der Waals surface area contributed by atoms with Gasteiger partial charge in [0.1, 0.15) is 0 Å². The minimum absolute atomic E-state index is 0.537. The van der Waals surface area contributed by atoms with Crippen molar-refractivity contribution in [3.8, 4) is 0 Å². The SMILES string of the molecule is C=C/C=C(\C=C)CCNS(=O)Cc1ccccc1. The standard InChI is InChI=1S/C15H19NOS/c1-3-8-14(4-2)11-12-16-18(17)13-15-9-6-5-7-10-15/h3-10,16H,1-2,11-13H2/b14-8+. The molecule has 0 saturated carbocycles. The second-order valence-electron chi connectivity index (χ2n) is 3.80. The zero-order valence-electron chi connectivity index (χ0n) is 10.5. The Labute approximate surface area is 112 Å². The van der Waals surface area contributed by atoms with Crippen LogP contribution in [0.15, 0.2) is 67.3 Å². The molecule has 1 aromatic carbocycles. The highest BCUT2D eigenvalue weighted by atomic mass is 32.2. The lowest BCUT2D eigenvalue weighted by atomic mass is 10.2. The van der Waals surface area contributed by atoms with Crippen LogP contribution in [0.2, 0.25) is 0 Å². The van der Waals surface area contributed by atoms with Crippen molar-refractivity contribution in [3.63, 3.8) is 0 Å². The molecule has 1 atom stereocenters. The Hall–Kier alpha value is -1.45. The first-order valence-corrected chi connectivity index (χ1v) is 7.18. The first-order valence-electron chi connectivity index (χ1n) is 5.86. The van der Waals surface area contributed by atoms with E-state index in [0.29, 0.717) is 12.3 Å². The smallest absolute Gasteiger partial charge is 0.0960 e. The number of allylic oxidation sites excluding steroid dienone is 3. The van der Waals surface area contributed by atoms with Crippen molar-refractivity contribution >= 4 is 11.0 Å². The lowest BCUT2D eigenvalue weighted by molar-refractivity contribution is 0.671. The van der Waals surface area contributed by atoms with E-state index in [4.69, 9.17) is 0 Å². The summed E-state index contributed by atoms with van der Waals surface area (Å²) in [5.74, 6) is 0.537. The summed E-state index contributed by atoms with van der Waals surface area (Å²) in [4.78, 5) is 0. The van der Waals surface area contributed by atoms with Crippen LogP contribution in [0.3, 0.4) is 0 Å². The molecule has 0 aliphatic rings. The Bertz CT molecular complexity index is 437. The number of hydrogen-bond acceptors (Lipinski definition) is 1. The largest absolute Gasteiger partial charge is 0.243 e. The third-order valence-electron chi connectivity index (χ3n) is 2.41. The van der Waals surface area contributed by atoms with Gasteiger partial charge in [-0.2, -0.15) is 0 Å². The van der Waals surface area contributed by atoms with E-state index in [0.717, 1.165) is 17.6 Å². The highest BCUT2D eigenvalue weighted by Crippen LogP contribution is 2.03. The van der Waals surface area contributed by atoms with E-state index in [9.17, 15) is 4.21 Å². The van der Waals surface area contributed by atoms with E-state index in [2.05, 4.69) is 17.9 Å². The number of benzene rings is 1. The molecule has 0 bridgehead atoms. The fourth-order valence-corrected chi connectivity index (χ4v) is 2.42. The molecular weight excluding hydrogens is 242 g/mol. The van der Waals surface area contributed by atoms with E-state index in [-0.39, 0.29) is 0 Å². The Kier molecular flexibility index (Phi) is 6.99. The summed E-state index contributed by atoms with van der Waals surface area (Å²) in [6.45, 7) is 8.04. The lowest BCUT2D eigenvalue weighted by Crippen LogP contribution is -2.20. The fraction of sp³-hybridized carbons (Fsp3) is 0.200. The summed E-state index contributed by atoms with van der Waals surface area (Å²) >= 11 is 0. The predicted molar refractivity (Wildman–Crippen MR) is 79.4 cm³/mol. The van der Waals surface area contributed by atoms with Gasteiger partial charge in [-0.25, -0.2) is 8.93 Å². The van der Waals surface area contributed by atoms with Gasteiger partial charge in [0.25, 0.3) is 0 Å². The summed E-state index contributed by atoms with van der Waals surface area (Å²) in [6.07, 6.45) is 6.24. The Morgan fingerprint density at radius 3 is 2.61 bits per heavy atom. The summed E-state index contributed by atoms with van der Waals surface area (Å²) < 4.78 is 14.8. The maximum atomic E-state index is 11.8. The van der Waals surface area contributed by atoms with Crippen molar-refractivity contribution in [2.24, 2.45) is 0 Å². The molecule has 96 valence electrons. The third kappa shape index (κ3) is 5.75. The summed E-state index contributed by atoms with van der Waals surface area (Å²) in [5.41, 5.74) is 2.17. The van der Waals surface area contributed by atoms with Gasteiger partial charge in [-0.15, -0.1) is 0 Å². The van der Waals surface area contributed by atoms with Crippen LogP contribution in [0, 0.1) is 0 Å².